The van der Waals surface area contributed by atoms with Crippen LogP contribution in [-0.4, -0.2) is 29.4 Å². The number of ether oxygens (including phenoxy) is 1. The molecule has 0 spiro atoms. The minimum Gasteiger partial charge on any atom is -0.503 e. The fourth-order valence-electron chi connectivity index (χ4n) is 4.50. The van der Waals surface area contributed by atoms with Gasteiger partial charge in [-0.25, -0.2) is 0 Å². The molecule has 0 bridgehead atoms. The number of anilines is 1. The molecule has 0 saturated carbocycles. The van der Waals surface area contributed by atoms with Crippen LogP contribution < -0.4 is 4.90 Å². The van der Waals surface area contributed by atoms with Crippen LogP contribution in [0.3, 0.4) is 0 Å². The molecule has 1 aliphatic rings. The molecule has 1 aliphatic heterocycles. The van der Waals surface area contributed by atoms with Crippen molar-refractivity contribution in [3.8, 4) is 0 Å². The number of esters is 1. The molecule has 0 fully saturated rings. The number of ketones is 1. The molecule has 4 rings (SSSR count). The first-order chi connectivity index (χ1) is 17.4. The van der Waals surface area contributed by atoms with Gasteiger partial charge < -0.3 is 9.84 Å². The SMILES string of the molecule is CCOC(=O)Cc1ccc(N2C(=O)C(O)=C(C(=O)CCc3ccccc3)C2c2cccc(C)c2)cc1. The molecule has 1 atom stereocenters. The summed E-state index contributed by atoms with van der Waals surface area (Å²) >= 11 is 0. The summed E-state index contributed by atoms with van der Waals surface area (Å²) < 4.78 is 5.01. The summed E-state index contributed by atoms with van der Waals surface area (Å²) in [5.41, 5.74) is 4.11. The van der Waals surface area contributed by atoms with E-state index in [4.69, 9.17) is 4.74 Å². The second-order valence-electron chi connectivity index (χ2n) is 8.81. The Morgan fingerprint density at radius 1 is 0.944 bits per heavy atom. The molecule has 3 aromatic carbocycles. The first-order valence-electron chi connectivity index (χ1n) is 12.0. The molecule has 3 aromatic rings. The Bertz CT molecular complexity index is 1290. The number of carbonyl (C=O) groups excluding carboxylic acids is 3. The Kier molecular flexibility index (Phi) is 7.64. The summed E-state index contributed by atoms with van der Waals surface area (Å²) in [6.45, 7) is 4.00. The van der Waals surface area contributed by atoms with E-state index in [1.54, 1.807) is 31.2 Å². The topological polar surface area (TPSA) is 83.9 Å². The van der Waals surface area contributed by atoms with Crippen molar-refractivity contribution in [2.75, 3.05) is 11.5 Å². The average molecular weight is 484 g/mol. The Morgan fingerprint density at radius 2 is 1.67 bits per heavy atom. The summed E-state index contributed by atoms with van der Waals surface area (Å²) in [4.78, 5) is 40.0. The van der Waals surface area contributed by atoms with Crippen molar-refractivity contribution in [2.24, 2.45) is 0 Å². The van der Waals surface area contributed by atoms with Crippen molar-refractivity contribution in [2.45, 2.75) is 39.2 Å². The number of nitrogens with zero attached hydrogens (tertiary/aromatic N) is 1. The first-order valence-corrected chi connectivity index (χ1v) is 12.0. The van der Waals surface area contributed by atoms with Crippen molar-refractivity contribution >= 4 is 23.3 Å². The van der Waals surface area contributed by atoms with Gasteiger partial charge in [0.2, 0.25) is 0 Å². The van der Waals surface area contributed by atoms with Crippen LogP contribution in [0.25, 0.3) is 0 Å². The van der Waals surface area contributed by atoms with Crippen LogP contribution in [0.4, 0.5) is 5.69 Å². The van der Waals surface area contributed by atoms with E-state index in [1.807, 2.05) is 61.5 Å². The van der Waals surface area contributed by atoms with E-state index < -0.39 is 17.7 Å². The maximum absolute atomic E-state index is 13.4. The number of carbonyl (C=O) groups is 3. The number of amides is 1. The number of aryl methyl sites for hydroxylation is 2. The maximum atomic E-state index is 13.4. The quantitative estimate of drug-likeness (QED) is 0.423. The second kappa shape index (κ2) is 11.0. The molecule has 184 valence electrons. The highest BCUT2D eigenvalue weighted by Crippen LogP contribution is 2.41. The lowest BCUT2D eigenvalue weighted by Gasteiger charge is -2.27. The molecule has 1 amide bonds. The van der Waals surface area contributed by atoms with Crippen molar-refractivity contribution in [3.05, 3.63) is 112 Å². The molecular formula is C30H29NO5. The van der Waals surface area contributed by atoms with Crippen molar-refractivity contribution < 1.29 is 24.2 Å². The van der Waals surface area contributed by atoms with Gasteiger partial charge in [-0.1, -0.05) is 72.3 Å². The zero-order valence-electron chi connectivity index (χ0n) is 20.4. The van der Waals surface area contributed by atoms with Crippen molar-refractivity contribution in [3.63, 3.8) is 0 Å². The largest absolute Gasteiger partial charge is 0.503 e. The van der Waals surface area contributed by atoms with E-state index in [9.17, 15) is 19.5 Å². The molecule has 1 heterocycles. The van der Waals surface area contributed by atoms with Crippen LogP contribution in [0.2, 0.25) is 0 Å². The molecule has 6 heteroatoms. The number of hydrogen-bond donors (Lipinski definition) is 1. The lowest BCUT2D eigenvalue weighted by atomic mass is 9.92. The first kappa shape index (κ1) is 24.9. The molecule has 36 heavy (non-hydrogen) atoms. The van der Waals surface area contributed by atoms with Crippen LogP contribution >= 0.6 is 0 Å². The standard InChI is InChI=1S/C30H29NO5/c1-3-36-26(33)19-22-12-15-24(16-13-22)31-28(23-11-7-8-20(2)18-23)27(29(34)30(31)35)25(32)17-14-21-9-5-4-6-10-21/h4-13,15-16,18,28,34H,3,14,17,19H2,1-2H3. The maximum Gasteiger partial charge on any atom is 0.310 e. The lowest BCUT2D eigenvalue weighted by molar-refractivity contribution is -0.142. The van der Waals surface area contributed by atoms with Gasteiger partial charge in [0.15, 0.2) is 11.5 Å². The third-order valence-electron chi connectivity index (χ3n) is 6.22. The van der Waals surface area contributed by atoms with Gasteiger partial charge in [0.25, 0.3) is 5.91 Å². The minimum atomic E-state index is -0.753. The number of benzene rings is 3. The summed E-state index contributed by atoms with van der Waals surface area (Å²) in [6, 6.07) is 23.4. The minimum absolute atomic E-state index is 0.108. The van der Waals surface area contributed by atoms with Crippen LogP contribution in [0, 0.1) is 6.92 Å². The third-order valence-corrected chi connectivity index (χ3v) is 6.22. The average Bonchev–Trinajstić information content (AvgIpc) is 3.14. The van der Waals surface area contributed by atoms with Crippen LogP contribution in [-0.2, 0) is 32.0 Å². The highest BCUT2D eigenvalue weighted by atomic mass is 16.5. The van der Waals surface area contributed by atoms with Crippen LogP contribution in [0.15, 0.2) is 90.2 Å². The zero-order chi connectivity index (χ0) is 25.7. The van der Waals surface area contributed by atoms with Crippen LogP contribution in [0.1, 0.15) is 41.6 Å². The molecular weight excluding hydrogens is 454 g/mol. The van der Waals surface area contributed by atoms with Crippen molar-refractivity contribution in [1.29, 1.82) is 0 Å². The summed E-state index contributed by atoms with van der Waals surface area (Å²) in [5, 5.41) is 10.9. The Hall–Kier alpha value is -4.19. The van der Waals surface area contributed by atoms with Gasteiger partial charge in [-0.2, -0.15) is 0 Å². The molecule has 0 saturated heterocycles. The summed E-state index contributed by atoms with van der Waals surface area (Å²) in [7, 11) is 0. The molecule has 1 unspecified atom stereocenters. The lowest BCUT2D eigenvalue weighted by Crippen LogP contribution is -2.31. The van der Waals surface area contributed by atoms with E-state index in [2.05, 4.69) is 0 Å². The van der Waals surface area contributed by atoms with Gasteiger partial charge in [0.05, 0.1) is 24.6 Å². The molecule has 6 nitrogen and oxygen atoms in total. The van der Waals surface area contributed by atoms with Gasteiger partial charge in [0.1, 0.15) is 0 Å². The van der Waals surface area contributed by atoms with Gasteiger partial charge in [-0.05, 0) is 49.1 Å². The predicted octanol–water partition coefficient (Wildman–Crippen LogP) is 5.20. The summed E-state index contributed by atoms with van der Waals surface area (Å²) in [6.07, 6.45) is 0.801. The Morgan fingerprint density at radius 3 is 2.33 bits per heavy atom. The Balaban J connectivity index is 1.66. The normalized spacial score (nSPS) is 15.3. The monoisotopic (exact) mass is 483 g/mol. The zero-order valence-corrected chi connectivity index (χ0v) is 20.4. The second-order valence-corrected chi connectivity index (χ2v) is 8.81. The molecule has 0 aliphatic carbocycles. The third kappa shape index (κ3) is 5.38. The molecule has 1 N–H and O–H groups in total. The van der Waals surface area contributed by atoms with E-state index in [1.165, 1.54) is 4.90 Å². The van der Waals surface area contributed by atoms with E-state index in [0.717, 1.165) is 22.3 Å². The van der Waals surface area contributed by atoms with E-state index in [0.29, 0.717) is 18.7 Å². The van der Waals surface area contributed by atoms with Gasteiger partial charge in [0, 0.05) is 12.1 Å². The number of aliphatic hydroxyl groups is 1. The number of Topliss-reactive ketones (excluding diaryl/α,β-unsaturated/α-hetero) is 1. The fourth-order valence-corrected chi connectivity index (χ4v) is 4.50. The fraction of sp³-hybridized carbons (Fsp3) is 0.233. The summed E-state index contributed by atoms with van der Waals surface area (Å²) in [5.74, 6) is -1.73. The van der Waals surface area contributed by atoms with Gasteiger partial charge >= 0.3 is 5.97 Å². The number of hydrogen-bond acceptors (Lipinski definition) is 5. The highest BCUT2D eigenvalue weighted by Gasteiger charge is 2.44. The Labute approximate surface area is 210 Å². The predicted molar refractivity (Wildman–Crippen MR) is 138 cm³/mol. The number of rotatable bonds is 9. The molecule has 0 aromatic heterocycles. The van der Waals surface area contributed by atoms with E-state index >= 15 is 0 Å². The number of aliphatic hydroxyl groups excluding tert-OH is 1. The van der Waals surface area contributed by atoms with Crippen LogP contribution in [0.5, 0.6) is 0 Å². The highest BCUT2D eigenvalue weighted by molar-refractivity contribution is 6.16. The van der Waals surface area contributed by atoms with E-state index in [-0.39, 0.29) is 30.2 Å². The van der Waals surface area contributed by atoms with Gasteiger partial charge in [-0.15, -0.1) is 0 Å². The smallest absolute Gasteiger partial charge is 0.310 e. The molecule has 0 radical (unpaired) electrons. The van der Waals surface area contributed by atoms with Crippen molar-refractivity contribution in [1.82, 2.24) is 0 Å². The van der Waals surface area contributed by atoms with Gasteiger partial charge in [-0.3, -0.25) is 19.3 Å².